The lowest BCUT2D eigenvalue weighted by atomic mass is 10.0. The molecule has 0 bridgehead atoms. The number of hydrogen-bond donors (Lipinski definition) is 1. The van der Waals surface area contributed by atoms with Crippen LogP contribution in [0, 0.1) is 0 Å². The molecule has 1 N–H and O–H groups in total. The van der Waals surface area contributed by atoms with Crippen molar-refractivity contribution in [2.45, 2.75) is 32.2 Å². The van der Waals surface area contributed by atoms with Crippen molar-refractivity contribution in [2.75, 3.05) is 39.5 Å². The summed E-state index contributed by atoms with van der Waals surface area (Å²) >= 11 is 0. The van der Waals surface area contributed by atoms with Crippen LogP contribution in [0.2, 0.25) is 0 Å². The number of aromatic nitrogens is 2. The maximum Gasteiger partial charge on any atom is 0.410 e. The molecule has 1 aromatic rings. The number of esters is 1. The van der Waals surface area contributed by atoms with Crippen LogP contribution < -0.4 is 0 Å². The number of carbonyl (C=O) groups is 3. The lowest BCUT2D eigenvalue weighted by Crippen LogP contribution is -2.52. The summed E-state index contributed by atoms with van der Waals surface area (Å²) in [4.78, 5) is 44.8. The fourth-order valence-electron chi connectivity index (χ4n) is 3.37. The van der Waals surface area contributed by atoms with Gasteiger partial charge in [-0.05, 0) is 32.3 Å². The van der Waals surface area contributed by atoms with Crippen LogP contribution in [0.5, 0.6) is 0 Å². The minimum absolute atomic E-state index is 0.0302. The van der Waals surface area contributed by atoms with E-state index in [4.69, 9.17) is 14.3 Å². The Hall–Kier alpha value is -3.11. The Morgan fingerprint density at radius 1 is 1.34 bits per heavy atom. The summed E-state index contributed by atoms with van der Waals surface area (Å²) in [7, 11) is 0. The molecule has 0 unspecified atom stereocenters. The van der Waals surface area contributed by atoms with Gasteiger partial charge in [-0.3, -0.25) is 9.89 Å². The molecular formula is C18H25N5O6. The van der Waals surface area contributed by atoms with Crippen LogP contribution in [0.25, 0.3) is 0 Å². The van der Waals surface area contributed by atoms with Gasteiger partial charge >= 0.3 is 12.1 Å². The van der Waals surface area contributed by atoms with E-state index >= 15 is 0 Å². The van der Waals surface area contributed by atoms with Crippen LogP contribution in [-0.4, -0.2) is 89.2 Å². The van der Waals surface area contributed by atoms with Crippen molar-refractivity contribution in [1.29, 1.82) is 0 Å². The zero-order valence-electron chi connectivity index (χ0n) is 16.3. The Balaban J connectivity index is 1.61. The Labute approximate surface area is 167 Å². The molecule has 0 saturated carbocycles. The first-order valence-electron chi connectivity index (χ1n) is 9.68. The van der Waals surface area contributed by atoms with Gasteiger partial charge in [-0.1, -0.05) is 5.16 Å². The van der Waals surface area contributed by atoms with Crippen molar-refractivity contribution in [3.63, 3.8) is 0 Å². The lowest BCUT2D eigenvalue weighted by molar-refractivity contribution is -0.148. The Bertz CT molecular complexity index is 742. The van der Waals surface area contributed by atoms with Gasteiger partial charge in [-0.15, -0.1) is 0 Å². The number of ether oxygens (including phenoxy) is 2. The fraction of sp³-hybridized carbons (Fsp3) is 0.611. The molecule has 11 nitrogen and oxygen atoms in total. The van der Waals surface area contributed by atoms with E-state index in [1.807, 2.05) is 0 Å². The maximum absolute atomic E-state index is 13.0. The van der Waals surface area contributed by atoms with Gasteiger partial charge in [0.2, 0.25) is 6.61 Å². The minimum atomic E-state index is -0.568. The molecule has 2 aliphatic heterocycles. The predicted molar refractivity (Wildman–Crippen MR) is 100.0 cm³/mol. The van der Waals surface area contributed by atoms with Crippen LogP contribution in [0.1, 0.15) is 31.9 Å². The van der Waals surface area contributed by atoms with Crippen molar-refractivity contribution < 1.29 is 28.7 Å². The van der Waals surface area contributed by atoms with Crippen molar-refractivity contribution >= 4 is 23.7 Å². The van der Waals surface area contributed by atoms with Crippen molar-refractivity contribution in [1.82, 2.24) is 20.0 Å². The number of rotatable bonds is 7. The maximum atomic E-state index is 13.0. The number of amides is 2. The smallest absolute Gasteiger partial charge is 0.410 e. The second-order valence-electron chi connectivity index (χ2n) is 6.67. The van der Waals surface area contributed by atoms with Gasteiger partial charge in [-0.2, -0.15) is 5.10 Å². The largest absolute Gasteiger partial charge is 0.463 e. The highest BCUT2D eigenvalue weighted by atomic mass is 16.7. The first kappa shape index (κ1) is 20.6. The van der Waals surface area contributed by atoms with Crippen LogP contribution in [-0.2, 0) is 23.9 Å². The number of oxime groups is 1. The standard InChI is InChI=1S/C18H25N5O6/c1-2-27-15(24)12-29-21-16(14-4-7-19-20-14)17(25)22-9-5-13(6-10-22)23-8-3-11-28-18(23)26/h4,7,13H,2-3,5-6,8-12H2,1H3,(H,19,20)/b21-16+. The average Bonchev–Trinajstić information content (AvgIpc) is 3.26. The van der Waals surface area contributed by atoms with Gasteiger partial charge in [0.05, 0.1) is 18.9 Å². The topological polar surface area (TPSA) is 126 Å². The van der Waals surface area contributed by atoms with E-state index < -0.39 is 12.6 Å². The van der Waals surface area contributed by atoms with Gasteiger partial charge in [0, 0.05) is 31.9 Å². The molecule has 3 heterocycles. The number of piperidine rings is 1. The lowest BCUT2D eigenvalue weighted by Gasteiger charge is -2.39. The Morgan fingerprint density at radius 3 is 2.79 bits per heavy atom. The predicted octanol–water partition coefficient (Wildman–Crippen LogP) is 0.527. The molecule has 29 heavy (non-hydrogen) atoms. The molecule has 158 valence electrons. The van der Waals surface area contributed by atoms with E-state index in [9.17, 15) is 14.4 Å². The Morgan fingerprint density at radius 2 is 2.14 bits per heavy atom. The van der Waals surface area contributed by atoms with E-state index in [0.717, 1.165) is 6.42 Å². The van der Waals surface area contributed by atoms with E-state index in [1.165, 1.54) is 6.20 Å². The minimum Gasteiger partial charge on any atom is -0.463 e. The number of H-pyrrole nitrogens is 1. The molecule has 0 aromatic carbocycles. The number of carbonyl (C=O) groups excluding carboxylic acids is 3. The van der Waals surface area contributed by atoms with Gasteiger partial charge in [0.1, 0.15) is 0 Å². The van der Waals surface area contributed by atoms with Crippen LogP contribution >= 0.6 is 0 Å². The van der Waals surface area contributed by atoms with Gasteiger partial charge in [0.25, 0.3) is 5.91 Å². The SMILES string of the molecule is CCOC(=O)CO/N=C(/C(=O)N1CCC(N2CCCOC2=O)CC1)c1ccn[nH]1. The second-order valence-corrected chi connectivity index (χ2v) is 6.67. The fourth-order valence-corrected chi connectivity index (χ4v) is 3.37. The molecule has 2 fully saturated rings. The third-order valence-corrected chi connectivity index (χ3v) is 4.80. The summed E-state index contributed by atoms with van der Waals surface area (Å²) in [5, 5.41) is 10.4. The van der Waals surface area contributed by atoms with E-state index in [1.54, 1.807) is 22.8 Å². The molecule has 0 radical (unpaired) electrons. The molecule has 0 spiro atoms. The van der Waals surface area contributed by atoms with E-state index in [-0.39, 0.29) is 30.4 Å². The summed E-state index contributed by atoms with van der Waals surface area (Å²) in [6.45, 7) is 3.61. The number of nitrogens with zero attached hydrogens (tertiary/aromatic N) is 4. The number of likely N-dealkylation sites (tertiary alicyclic amines) is 1. The van der Waals surface area contributed by atoms with Crippen molar-refractivity contribution in [2.24, 2.45) is 5.16 Å². The molecule has 11 heteroatoms. The van der Waals surface area contributed by atoms with Crippen LogP contribution in [0.3, 0.4) is 0 Å². The summed E-state index contributed by atoms with van der Waals surface area (Å²) < 4.78 is 9.89. The van der Waals surface area contributed by atoms with Crippen LogP contribution in [0.15, 0.2) is 17.4 Å². The summed E-state index contributed by atoms with van der Waals surface area (Å²) in [5.41, 5.74) is 0.420. The summed E-state index contributed by atoms with van der Waals surface area (Å²) in [5.74, 6) is -0.903. The van der Waals surface area contributed by atoms with Crippen molar-refractivity contribution in [3.8, 4) is 0 Å². The van der Waals surface area contributed by atoms with E-state index in [2.05, 4.69) is 15.4 Å². The Kier molecular flexibility index (Phi) is 7.04. The third-order valence-electron chi connectivity index (χ3n) is 4.80. The van der Waals surface area contributed by atoms with E-state index in [0.29, 0.717) is 44.8 Å². The molecule has 3 rings (SSSR count). The molecule has 0 aliphatic carbocycles. The van der Waals surface area contributed by atoms with Crippen molar-refractivity contribution in [3.05, 3.63) is 18.0 Å². The highest BCUT2D eigenvalue weighted by Gasteiger charge is 2.33. The molecular weight excluding hydrogens is 382 g/mol. The molecule has 2 amide bonds. The highest BCUT2D eigenvalue weighted by molar-refractivity contribution is 6.44. The first-order valence-corrected chi connectivity index (χ1v) is 9.68. The zero-order valence-corrected chi connectivity index (χ0v) is 16.3. The number of aromatic amines is 1. The van der Waals surface area contributed by atoms with Gasteiger partial charge in [-0.25, -0.2) is 9.59 Å². The first-order chi connectivity index (χ1) is 14.1. The normalized spacial score (nSPS) is 18.4. The van der Waals surface area contributed by atoms with Crippen LogP contribution in [0.4, 0.5) is 4.79 Å². The molecule has 1 aromatic heterocycles. The average molecular weight is 407 g/mol. The second kappa shape index (κ2) is 9.89. The highest BCUT2D eigenvalue weighted by Crippen LogP contribution is 2.20. The molecule has 0 atom stereocenters. The number of hydrogen-bond acceptors (Lipinski definition) is 8. The van der Waals surface area contributed by atoms with Gasteiger partial charge in [0.15, 0.2) is 5.71 Å². The zero-order chi connectivity index (χ0) is 20.6. The number of cyclic esters (lactones) is 1. The van der Waals surface area contributed by atoms with Gasteiger partial charge < -0.3 is 24.1 Å². The summed E-state index contributed by atoms with van der Waals surface area (Å²) in [6, 6.07) is 1.65. The number of nitrogens with one attached hydrogen (secondary N) is 1. The molecule has 2 aliphatic rings. The monoisotopic (exact) mass is 407 g/mol. The summed E-state index contributed by atoms with van der Waals surface area (Å²) in [6.07, 6.45) is 3.34. The molecule has 2 saturated heterocycles. The third kappa shape index (κ3) is 5.24. The quantitative estimate of drug-likeness (QED) is 0.397.